The summed E-state index contributed by atoms with van der Waals surface area (Å²) in [6.07, 6.45) is 2.12. The summed E-state index contributed by atoms with van der Waals surface area (Å²) in [4.78, 5) is 0. The van der Waals surface area contributed by atoms with E-state index in [1.165, 1.54) is 11.3 Å². The molecule has 0 unspecified atom stereocenters. The Morgan fingerprint density at radius 1 is 1.31 bits per heavy atom. The highest BCUT2D eigenvalue weighted by atomic mass is 15.2. The highest BCUT2D eigenvalue weighted by Crippen LogP contribution is 2.15. The lowest BCUT2D eigenvalue weighted by atomic mass is 10.1. The van der Waals surface area contributed by atoms with Crippen LogP contribution in [-0.2, 0) is 6.42 Å². The Morgan fingerprint density at radius 3 is 2.77 bits per heavy atom. The number of hydrazine groups is 1. The molecular formula is C10H17N3. The lowest BCUT2D eigenvalue weighted by molar-refractivity contribution is 0.680. The van der Waals surface area contributed by atoms with E-state index < -0.39 is 0 Å². The lowest BCUT2D eigenvalue weighted by Gasteiger charge is -2.07. The fourth-order valence-electron chi connectivity index (χ4n) is 1.36. The van der Waals surface area contributed by atoms with Gasteiger partial charge in [0.05, 0.1) is 0 Å². The number of hydrogen-bond donors (Lipinski definition) is 3. The third-order valence-corrected chi connectivity index (χ3v) is 2.05. The number of nitrogens with two attached hydrogens (primary N) is 1. The molecule has 0 saturated heterocycles. The number of benzene rings is 1. The first-order valence-electron chi connectivity index (χ1n) is 4.57. The van der Waals surface area contributed by atoms with Gasteiger partial charge in [-0.15, -0.1) is 0 Å². The van der Waals surface area contributed by atoms with Crippen LogP contribution in [0.25, 0.3) is 0 Å². The second kappa shape index (κ2) is 5.56. The van der Waals surface area contributed by atoms with E-state index in [0.717, 1.165) is 19.4 Å². The molecule has 72 valence electrons. The number of aryl methyl sites for hydroxylation is 1. The summed E-state index contributed by atoms with van der Waals surface area (Å²) in [6, 6.07) is 8.33. The van der Waals surface area contributed by atoms with Gasteiger partial charge in [-0.2, -0.15) is 0 Å². The number of hydrogen-bond acceptors (Lipinski definition) is 3. The molecule has 0 amide bonds. The molecule has 0 saturated carbocycles. The van der Waals surface area contributed by atoms with Gasteiger partial charge in [0.15, 0.2) is 0 Å². The first-order valence-corrected chi connectivity index (χ1v) is 4.57. The summed E-state index contributed by atoms with van der Waals surface area (Å²) in [5, 5.41) is 3.17. The molecule has 1 aromatic rings. The zero-order valence-electron chi connectivity index (χ0n) is 8.01. The van der Waals surface area contributed by atoms with E-state index >= 15 is 0 Å². The van der Waals surface area contributed by atoms with Crippen molar-refractivity contribution in [1.29, 1.82) is 0 Å². The quantitative estimate of drug-likeness (QED) is 0.361. The van der Waals surface area contributed by atoms with Crippen LogP contribution in [0, 0.1) is 0 Å². The lowest BCUT2D eigenvalue weighted by Crippen LogP contribution is -2.23. The Bertz CT molecular complexity index is 248. The number of nitrogens with one attached hydrogen (secondary N) is 2. The molecule has 13 heavy (non-hydrogen) atoms. The van der Waals surface area contributed by atoms with Gasteiger partial charge in [-0.1, -0.05) is 18.2 Å². The molecule has 1 aromatic carbocycles. The van der Waals surface area contributed by atoms with Gasteiger partial charge in [-0.25, -0.2) is 0 Å². The maximum atomic E-state index is 5.20. The highest BCUT2D eigenvalue weighted by molar-refractivity contribution is 5.50. The fraction of sp³-hybridized carbons (Fsp3) is 0.400. The second-order valence-electron chi connectivity index (χ2n) is 2.96. The van der Waals surface area contributed by atoms with Crippen molar-refractivity contribution in [2.45, 2.75) is 12.8 Å². The predicted molar refractivity (Wildman–Crippen MR) is 56.5 cm³/mol. The SMILES string of the molecule is CNc1ccccc1CCCNN. The molecule has 0 spiro atoms. The summed E-state index contributed by atoms with van der Waals surface area (Å²) in [7, 11) is 1.94. The molecular weight excluding hydrogens is 162 g/mol. The summed E-state index contributed by atoms with van der Waals surface area (Å²) in [6.45, 7) is 0.859. The van der Waals surface area contributed by atoms with Crippen LogP contribution in [0.2, 0.25) is 0 Å². The minimum absolute atomic E-state index is 0.859. The Balaban J connectivity index is 2.54. The summed E-state index contributed by atoms with van der Waals surface area (Å²) in [5.74, 6) is 5.20. The van der Waals surface area contributed by atoms with Crippen molar-refractivity contribution in [3.8, 4) is 0 Å². The van der Waals surface area contributed by atoms with Gasteiger partial charge in [0, 0.05) is 19.3 Å². The van der Waals surface area contributed by atoms with Crippen molar-refractivity contribution in [2.24, 2.45) is 5.84 Å². The van der Waals surface area contributed by atoms with Crippen molar-refractivity contribution >= 4 is 5.69 Å². The minimum atomic E-state index is 0.859. The monoisotopic (exact) mass is 179 g/mol. The Labute approximate surface area is 79.3 Å². The van der Waals surface area contributed by atoms with Crippen LogP contribution < -0.4 is 16.6 Å². The average molecular weight is 179 g/mol. The van der Waals surface area contributed by atoms with E-state index in [-0.39, 0.29) is 0 Å². The average Bonchev–Trinajstić information content (AvgIpc) is 2.19. The van der Waals surface area contributed by atoms with Gasteiger partial charge in [0.25, 0.3) is 0 Å². The number of anilines is 1. The smallest absolute Gasteiger partial charge is 0.0370 e. The van der Waals surface area contributed by atoms with E-state index in [1.54, 1.807) is 0 Å². The van der Waals surface area contributed by atoms with Crippen LogP contribution in [0.5, 0.6) is 0 Å². The normalized spacial score (nSPS) is 10.0. The third-order valence-electron chi connectivity index (χ3n) is 2.05. The number of para-hydroxylation sites is 1. The molecule has 0 aliphatic carbocycles. The van der Waals surface area contributed by atoms with Crippen LogP contribution in [-0.4, -0.2) is 13.6 Å². The van der Waals surface area contributed by atoms with Crippen molar-refractivity contribution in [2.75, 3.05) is 18.9 Å². The molecule has 0 aliphatic rings. The number of rotatable bonds is 5. The second-order valence-corrected chi connectivity index (χ2v) is 2.96. The van der Waals surface area contributed by atoms with Gasteiger partial charge < -0.3 is 5.32 Å². The van der Waals surface area contributed by atoms with E-state index in [9.17, 15) is 0 Å². The van der Waals surface area contributed by atoms with E-state index in [0.29, 0.717) is 0 Å². The Kier molecular flexibility index (Phi) is 4.29. The van der Waals surface area contributed by atoms with E-state index in [2.05, 4.69) is 28.9 Å². The van der Waals surface area contributed by atoms with Crippen LogP contribution in [0.15, 0.2) is 24.3 Å². The molecule has 0 radical (unpaired) electrons. The van der Waals surface area contributed by atoms with Crippen LogP contribution in [0.1, 0.15) is 12.0 Å². The molecule has 4 N–H and O–H groups in total. The molecule has 0 bridgehead atoms. The van der Waals surface area contributed by atoms with Crippen molar-refractivity contribution in [1.82, 2.24) is 5.43 Å². The molecule has 3 nitrogen and oxygen atoms in total. The molecule has 0 atom stereocenters. The topological polar surface area (TPSA) is 50.1 Å². The third kappa shape index (κ3) is 3.05. The van der Waals surface area contributed by atoms with Gasteiger partial charge in [-0.05, 0) is 24.5 Å². The van der Waals surface area contributed by atoms with Crippen LogP contribution >= 0.6 is 0 Å². The summed E-state index contributed by atoms with van der Waals surface area (Å²) in [5.41, 5.74) is 5.21. The first kappa shape index (κ1) is 10.0. The van der Waals surface area contributed by atoms with Gasteiger partial charge >= 0.3 is 0 Å². The predicted octanol–water partition coefficient (Wildman–Crippen LogP) is 1.12. The molecule has 0 heterocycles. The molecule has 0 aliphatic heterocycles. The maximum Gasteiger partial charge on any atom is 0.0370 e. The van der Waals surface area contributed by atoms with Crippen molar-refractivity contribution in [3.05, 3.63) is 29.8 Å². The largest absolute Gasteiger partial charge is 0.388 e. The standard InChI is InChI=1S/C10H17N3/c1-12-10-7-3-2-5-9(10)6-4-8-13-11/h2-3,5,7,12-13H,4,6,8,11H2,1H3. The van der Waals surface area contributed by atoms with Crippen LogP contribution in [0.4, 0.5) is 5.69 Å². The van der Waals surface area contributed by atoms with Gasteiger partial charge in [0.2, 0.25) is 0 Å². The summed E-state index contributed by atoms with van der Waals surface area (Å²) >= 11 is 0. The molecule has 3 heteroatoms. The molecule has 0 aromatic heterocycles. The molecule has 0 fully saturated rings. The van der Waals surface area contributed by atoms with Gasteiger partial charge in [-0.3, -0.25) is 11.3 Å². The van der Waals surface area contributed by atoms with E-state index in [4.69, 9.17) is 5.84 Å². The van der Waals surface area contributed by atoms with Crippen molar-refractivity contribution in [3.63, 3.8) is 0 Å². The highest BCUT2D eigenvalue weighted by Gasteiger charge is 1.97. The zero-order valence-corrected chi connectivity index (χ0v) is 8.01. The summed E-state index contributed by atoms with van der Waals surface area (Å²) < 4.78 is 0. The first-order chi connectivity index (χ1) is 6.38. The van der Waals surface area contributed by atoms with Crippen LogP contribution in [0.3, 0.4) is 0 Å². The van der Waals surface area contributed by atoms with E-state index in [1.807, 2.05) is 13.1 Å². The Morgan fingerprint density at radius 2 is 2.08 bits per heavy atom. The zero-order chi connectivity index (χ0) is 9.52. The fourth-order valence-corrected chi connectivity index (χ4v) is 1.36. The van der Waals surface area contributed by atoms with Gasteiger partial charge in [0.1, 0.15) is 0 Å². The van der Waals surface area contributed by atoms with Crippen molar-refractivity contribution < 1.29 is 0 Å². The minimum Gasteiger partial charge on any atom is -0.388 e. The molecule has 1 rings (SSSR count). The Hall–Kier alpha value is -1.06. The maximum absolute atomic E-state index is 5.20.